The smallest absolute Gasteiger partial charge is 1.00 e. The molecule has 1 unspecified atom stereocenters. The number of rotatable bonds is 1. The maximum Gasteiger partial charge on any atom is 1.00 e. The van der Waals surface area contributed by atoms with Gasteiger partial charge in [-0.1, -0.05) is 0 Å². The molecule has 0 aliphatic heterocycles. The normalized spacial score (nSPS) is 24.0. The number of nitro groups is 1. The zero-order valence-corrected chi connectivity index (χ0v) is 8.29. The van der Waals surface area contributed by atoms with Crippen molar-refractivity contribution >= 4 is 5.78 Å². The second-order valence-corrected chi connectivity index (χ2v) is 1.81. The number of ketones is 1. The zero-order valence-electron chi connectivity index (χ0n) is 6.16. The third kappa shape index (κ3) is 2.08. The molecule has 1 rings (SSSR count). The van der Waals surface area contributed by atoms with Gasteiger partial charge in [0.15, 0.2) is 0 Å². The molecule has 1 fully saturated rings. The Labute approximate surface area is 96.1 Å². The van der Waals surface area contributed by atoms with Gasteiger partial charge in [-0.15, -0.1) is 0 Å². The fourth-order valence-electron chi connectivity index (χ4n) is 0.614. The molecule has 1 saturated carbocycles. The Morgan fingerprint density at radius 1 is 1.78 bits per heavy atom. The Balaban J connectivity index is 0. The van der Waals surface area contributed by atoms with Crippen molar-refractivity contribution in [2.45, 2.75) is 18.9 Å². The van der Waals surface area contributed by atoms with E-state index in [2.05, 4.69) is 0 Å². The maximum atomic E-state index is 10.2. The maximum absolute atomic E-state index is 10.2. The van der Waals surface area contributed by atoms with E-state index in [1.807, 2.05) is 0 Å². The van der Waals surface area contributed by atoms with E-state index in [0.29, 0.717) is 12.8 Å². The van der Waals surface area contributed by atoms with Crippen LogP contribution in [-0.2, 0) is 4.79 Å². The number of nitrogens with zero attached hydrogens (tertiary/aromatic N) is 1. The first-order valence-corrected chi connectivity index (χ1v) is 2.38. The van der Waals surface area contributed by atoms with Gasteiger partial charge in [-0.3, -0.25) is 14.9 Å². The average molecular weight is 155 g/mol. The van der Waals surface area contributed by atoms with Crippen LogP contribution >= 0.6 is 0 Å². The number of Topliss-reactive ketones (excluding diaryl/α,β-unsaturated/α-hetero) is 1. The van der Waals surface area contributed by atoms with E-state index < -0.39 is 11.0 Å². The summed E-state index contributed by atoms with van der Waals surface area (Å²) in [6.45, 7) is 0. The van der Waals surface area contributed by atoms with Crippen molar-refractivity contribution in [2.24, 2.45) is 0 Å². The number of carbonyl (C=O) groups is 1. The molecule has 1 aliphatic rings. The minimum absolute atomic E-state index is 0. The van der Waals surface area contributed by atoms with Crippen LogP contribution in [0.3, 0.4) is 0 Å². The summed E-state index contributed by atoms with van der Waals surface area (Å²) >= 11 is 0. The molecule has 0 aromatic carbocycles. The minimum atomic E-state index is -0.866. The summed E-state index contributed by atoms with van der Waals surface area (Å²) in [5, 5.41) is 9.78. The summed E-state index contributed by atoms with van der Waals surface area (Å²) in [5.74, 6) is -0.227. The van der Waals surface area contributed by atoms with Gasteiger partial charge < -0.3 is 1.43 Å². The van der Waals surface area contributed by atoms with Crippen molar-refractivity contribution in [3.63, 3.8) is 0 Å². The van der Waals surface area contributed by atoms with Crippen LogP contribution in [0.1, 0.15) is 14.3 Å². The summed E-state index contributed by atoms with van der Waals surface area (Å²) in [7, 11) is 0. The van der Waals surface area contributed by atoms with Crippen LogP contribution in [0.25, 0.3) is 0 Å². The molecule has 9 heavy (non-hydrogen) atoms. The van der Waals surface area contributed by atoms with Crippen LogP contribution in [0, 0.1) is 10.1 Å². The van der Waals surface area contributed by atoms with Crippen molar-refractivity contribution in [2.75, 3.05) is 0 Å². The fraction of sp³-hybridized carbons (Fsp3) is 0.750. The van der Waals surface area contributed by atoms with Crippen molar-refractivity contribution in [1.82, 2.24) is 0 Å². The van der Waals surface area contributed by atoms with Gasteiger partial charge >= 0.3 is 51.4 Å². The van der Waals surface area contributed by atoms with E-state index in [1.165, 1.54) is 0 Å². The Morgan fingerprint density at radius 3 is 2.33 bits per heavy atom. The number of carbonyl (C=O) groups excluding carboxylic acids is 1. The molecular formula is C4H6KNO3. The van der Waals surface area contributed by atoms with Crippen molar-refractivity contribution in [3.05, 3.63) is 10.1 Å². The molecule has 0 bridgehead atoms. The fourth-order valence-corrected chi connectivity index (χ4v) is 0.614. The molecular weight excluding hydrogens is 149 g/mol. The van der Waals surface area contributed by atoms with Gasteiger partial charge in [0.1, 0.15) is 0 Å². The first kappa shape index (κ1) is 9.71. The van der Waals surface area contributed by atoms with Gasteiger partial charge in [-0.25, -0.2) is 0 Å². The zero-order chi connectivity index (χ0) is 6.15. The van der Waals surface area contributed by atoms with E-state index in [1.54, 1.807) is 0 Å². The van der Waals surface area contributed by atoms with Gasteiger partial charge in [-0.05, 0) is 0 Å². The Bertz CT molecular complexity index is 143. The molecule has 1 atom stereocenters. The van der Waals surface area contributed by atoms with Crippen molar-refractivity contribution in [3.8, 4) is 0 Å². The summed E-state index contributed by atoms with van der Waals surface area (Å²) in [6, 6.07) is -0.866. The van der Waals surface area contributed by atoms with Crippen LogP contribution in [0.15, 0.2) is 0 Å². The summed E-state index contributed by atoms with van der Waals surface area (Å²) in [4.78, 5) is 19.5. The van der Waals surface area contributed by atoms with E-state index in [-0.39, 0.29) is 58.6 Å². The molecule has 0 radical (unpaired) electrons. The van der Waals surface area contributed by atoms with E-state index >= 15 is 0 Å². The third-order valence-electron chi connectivity index (χ3n) is 1.29. The van der Waals surface area contributed by atoms with Crippen LogP contribution < -0.4 is 51.4 Å². The predicted octanol–water partition coefficient (Wildman–Crippen LogP) is -2.89. The number of hydrogen-bond acceptors (Lipinski definition) is 3. The molecule has 0 amide bonds. The van der Waals surface area contributed by atoms with E-state index in [4.69, 9.17) is 0 Å². The Morgan fingerprint density at radius 2 is 2.33 bits per heavy atom. The molecule has 1 aliphatic carbocycles. The van der Waals surface area contributed by atoms with Gasteiger partial charge in [0.05, 0.1) is 0 Å². The second-order valence-electron chi connectivity index (χ2n) is 1.81. The summed E-state index contributed by atoms with van der Waals surface area (Å²) in [6.07, 6.45) is 0.831. The summed E-state index contributed by atoms with van der Waals surface area (Å²) in [5.41, 5.74) is 0. The number of hydrogen-bond donors (Lipinski definition) is 0. The Hall–Kier alpha value is 0.706. The quantitative estimate of drug-likeness (QED) is 0.232. The average Bonchev–Trinajstić information content (AvgIpc) is 1.61. The third-order valence-corrected chi connectivity index (χ3v) is 1.29. The van der Waals surface area contributed by atoms with E-state index in [0.717, 1.165) is 0 Å². The van der Waals surface area contributed by atoms with E-state index in [9.17, 15) is 14.9 Å². The standard InChI is InChI=1S/C4H5NO3.K.H/c6-4-2-1-3(4)5(7)8;;/h3H,1-2H2;;/q;+1;-1. The minimum Gasteiger partial charge on any atom is -1.00 e. The Kier molecular flexibility index (Phi) is 4.07. The first-order chi connectivity index (χ1) is 3.72. The van der Waals surface area contributed by atoms with Crippen molar-refractivity contribution < 1.29 is 62.5 Å². The summed E-state index contributed by atoms with van der Waals surface area (Å²) < 4.78 is 0. The first-order valence-electron chi connectivity index (χ1n) is 2.38. The van der Waals surface area contributed by atoms with Crippen LogP contribution in [0.4, 0.5) is 0 Å². The van der Waals surface area contributed by atoms with Crippen LogP contribution in [-0.4, -0.2) is 16.7 Å². The van der Waals surface area contributed by atoms with Gasteiger partial charge in [0.25, 0.3) is 6.04 Å². The van der Waals surface area contributed by atoms with Gasteiger partial charge in [0.2, 0.25) is 5.78 Å². The largest absolute Gasteiger partial charge is 1.00 e. The second kappa shape index (κ2) is 3.77. The molecule has 4 nitrogen and oxygen atoms in total. The monoisotopic (exact) mass is 155 g/mol. The molecule has 0 aromatic rings. The van der Waals surface area contributed by atoms with Gasteiger partial charge in [-0.2, -0.15) is 0 Å². The molecule has 0 heterocycles. The topological polar surface area (TPSA) is 60.2 Å². The van der Waals surface area contributed by atoms with Gasteiger partial charge in [0, 0.05) is 17.8 Å². The molecule has 46 valence electrons. The van der Waals surface area contributed by atoms with Crippen LogP contribution in [0.2, 0.25) is 0 Å². The molecule has 0 aromatic heterocycles. The molecule has 0 N–H and O–H groups in total. The predicted molar refractivity (Wildman–Crippen MR) is 26.1 cm³/mol. The van der Waals surface area contributed by atoms with Crippen molar-refractivity contribution in [1.29, 1.82) is 0 Å². The molecule has 0 saturated heterocycles. The van der Waals surface area contributed by atoms with Crippen LogP contribution in [0.5, 0.6) is 0 Å². The SMILES string of the molecule is O=C1CCC1[N+](=O)[O-].[H-].[K+]. The molecule has 0 spiro atoms. The molecule has 5 heteroatoms.